The van der Waals surface area contributed by atoms with Crippen LogP contribution in [0.1, 0.15) is 30.5 Å². The molecule has 1 fully saturated rings. The average Bonchev–Trinajstić information content (AvgIpc) is 2.70. The Hall–Kier alpha value is -0.900. The second-order valence-corrected chi connectivity index (χ2v) is 4.38. The Balaban J connectivity index is 2.27. The number of aliphatic hydroxyl groups is 1. The van der Waals surface area contributed by atoms with E-state index >= 15 is 0 Å². The number of benzene rings is 1. The molecule has 0 spiro atoms. The average molecular weight is 220 g/mol. The zero-order valence-corrected chi connectivity index (χ0v) is 9.76. The van der Waals surface area contributed by atoms with E-state index in [9.17, 15) is 5.11 Å². The summed E-state index contributed by atoms with van der Waals surface area (Å²) in [6, 6.07) is 8.40. The normalized spacial score (nSPS) is 26.2. The van der Waals surface area contributed by atoms with Crippen LogP contribution in [0.4, 0.5) is 0 Å². The van der Waals surface area contributed by atoms with Crippen molar-refractivity contribution in [2.75, 3.05) is 13.1 Å². The SMILES string of the molecule is CCN1CCC(O)C1c1cccc(CN)c1. The number of likely N-dealkylation sites (tertiary alicyclic amines) is 1. The molecule has 1 heterocycles. The minimum absolute atomic E-state index is 0.150. The molecule has 0 saturated carbocycles. The van der Waals surface area contributed by atoms with Crippen molar-refractivity contribution < 1.29 is 5.11 Å². The highest BCUT2D eigenvalue weighted by atomic mass is 16.3. The van der Waals surface area contributed by atoms with E-state index in [4.69, 9.17) is 5.73 Å². The third-order valence-corrected chi connectivity index (χ3v) is 3.40. The Bertz CT molecular complexity index is 354. The fourth-order valence-corrected chi connectivity index (χ4v) is 2.53. The first-order chi connectivity index (χ1) is 7.76. The van der Waals surface area contributed by atoms with Gasteiger partial charge in [-0.2, -0.15) is 0 Å². The molecule has 1 aliphatic heterocycles. The number of likely N-dealkylation sites (N-methyl/N-ethyl adjacent to an activating group) is 1. The molecule has 0 amide bonds. The minimum atomic E-state index is -0.243. The van der Waals surface area contributed by atoms with Crippen LogP contribution in [0.25, 0.3) is 0 Å². The fraction of sp³-hybridized carbons (Fsp3) is 0.538. The maximum Gasteiger partial charge on any atom is 0.0749 e. The monoisotopic (exact) mass is 220 g/mol. The van der Waals surface area contributed by atoms with Crippen molar-refractivity contribution in [2.45, 2.75) is 32.0 Å². The van der Waals surface area contributed by atoms with Crippen LogP contribution in [0.5, 0.6) is 0 Å². The summed E-state index contributed by atoms with van der Waals surface area (Å²) in [7, 11) is 0. The van der Waals surface area contributed by atoms with Crippen molar-refractivity contribution in [3.63, 3.8) is 0 Å². The second-order valence-electron chi connectivity index (χ2n) is 4.38. The molecule has 1 saturated heterocycles. The molecule has 0 bridgehead atoms. The molecule has 0 aromatic heterocycles. The first-order valence-electron chi connectivity index (χ1n) is 5.97. The van der Waals surface area contributed by atoms with E-state index in [1.807, 2.05) is 12.1 Å². The smallest absolute Gasteiger partial charge is 0.0749 e. The van der Waals surface area contributed by atoms with Gasteiger partial charge >= 0.3 is 0 Å². The highest BCUT2D eigenvalue weighted by Crippen LogP contribution is 2.32. The number of rotatable bonds is 3. The van der Waals surface area contributed by atoms with Gasteiger partial charge in [0.15, 0.2) is 0 Å². The standard InChI is InChI=1S/C13H20N2O/c1-2-15-7-6-12(16)13(15)11-5-3-4-10(8-11)9-14/h3-5,8,12-13,16H,2,6-7,9,14H2,1H3. The molecule has 2 rings (SSSR count). The molecule has 0 aliphatic carbocycles. The van der Waals surface area contributed by atoms with Crippen LogP contribution in [0.15, 0.2) is 24.3 Å². The maximum absolute atomic E-state index is 10.0. The first-order valence-corrected chi connectivity index (χ1v) is 5.97. The summed E-state index contributed by atoms with van der Waals surface area (Å²) < 4.78 is 0. The van der Waals surface area contributed by atoms with E-state index in [0.717, 1.165) is 25.1 Å². The van der Waals surface area contributed by atoms with Gasteiger partial charge in [-0.3, -0.25) is 4.90 Å². The van der Waals surface area contributed by atoms with Gasteiger partial charge in [0.1, 0.15) is 0 Å². The number of hydrogen-bond donors (Lipinski definition) is 2. The third-order valence-electron chi connectivity index (χ3n) is 3.40. The Labute approximate surface area is 96.9 Å². The van der Waals surface area contributed by atoms with E-state index in [1.165, 1.54) is 5.56 Å². The van der Waals surface area contributed by atoms with Gasteiger partial charge in [-0.1, -0.05) is 31.2 Å². The van der Waals surface area contributed by atoms with Crippen LogP contribution in [0, 0.1) is 0 Å². The fourth-order valence-electron chi connectivity index (χ4n) is 2.53. The number of nitrogens with zero attached hydrogens (tertiary/aromatic N) is 1. The van der Waals surface area contributed by atoms with Crippen LogP contribution in [-0.4, -0.2) is 29.2 Å². The number of nitrogens with two attached hydrogens (primary N) is 1. The lowest BCUT2D eigenvalue weighted by atomic mass is 10.00. The van der Waals surface area contributed by atoms with Gasteiger partial charge in [0.25, 0.3) is 0 Å². The van der Waals surface area contributed by atoms with Gasteiger partial charge in [0.05, 0.1) is 12.1 Å². The van der Waals surface area contributed by atoms with Gasteiger partial charge in [0, 0.05) is 13.1 Å². The van der Waals surface area contributed by atoms with Crippen molar-refractivity contribution in [3.05, 3.63) is 35.4 Å². The minimum Gasteiger partial charge on any atom is -0.391 e. The lowest BCUT2D eigenvalue weighted by Crippen LogP contribution is -2.27. The van der Waals surface area contributed by atoms with Gasteiger partial charge < -0.3 is 10.8 Å². The zero-order chi connectivity index (χ0) is 11.5. The first kappa shape index (κ1) is 11.6. The molecule has 3 heteroatoms. The van der Waals surface area contributed by atoms with E-state index in [-0.39, 0.29) is 12.1 Å². The molecule has 3 nitrogen and oxygen atoms in total. The van der Waals surface area contributed by atoms with Crippen LogP contribution in [0.2, 0.25) is 0 Å². The zero-order valence-electron chi connectivity index (χ0n) is 9.76. The van der Waals surface area contributed by atoms with Gasteiger partial charge in [-0.15, -0.1) is 0 Å². The Morgan fingerprint density at radius 2 is 2.31 bits per heavy atom. The van der Waals surface area contributed by atoms with Gasteiger partial charge in [-0.25, -0.2) is 0 Å². The molecular weight excluding hydrogens is 200 g/mol. The number of hydrogen-bond acceptors (Lipinski definition) is 3. The van der Waals surface area contributed by atoms with Crippen LogP contribution >= 0.6 is 0 Å². The lowest BCUT2D eigenvalue weighted by Gasteiger charge is -2.25. The van der Waals surface area contributed by atoms with Gasteiger partial charge in [0.2, 0.25) is 0 Å². The van der Waals surface area contributed by atoms with Crippen molar-refractivity contribution in [1.82, 2.24) is 4.90 Å². The van der Waals surface area contributed by atoms with Crippen molar-refractivity contribution in [2.24, 2.45) is 5.73 Å². The highest BCUT2D eigenvalue weighted by molar-refractivity contribution is 5.27. The summed E-state index contributed by atoms with van der Waals surface area (Å²) in [4.78, 5) is 2.32. The molecule has 3 N–H and O–H groups in total. The van der Waals surface area contributed by atoms with Crippen molar-refractivity contribution in [1.29, 1.82) is 0 Å². The summed E-state index contributed by atoms with van der Waals surface area (Å²) in [5, 5.41) is 10.0. The quantitative estimate of drug-likeness (QED) is 0.806. The summed E-state index contributed by atoms with van der Waals surface area (Å²) in [5.41, 5.74) is 7.96. The molecule has 1 aromatic rings. The summed E-state index contributed by atoms with van der Waals surface area (Å²) in [6.45, 7) is 4.66. The summed E-state index contributed by atoms with van der Waals surface area (Å²) in [6.07, 6.45) is 0.624. The Morgan fingerprint density at radius 3 is 3.00 bits per heavy atom. The predicted octanol–water partition coefficient (Wildman–Crippen LogP) is 1.27. The van der Waals surface area contributed by atoms with Crippen LogP contribution in [0.3, 0.4) is 0 Å². The van der Waals surface area contributed by atoms with Crippen molar-refractivity contribution in [3.8, 4) is 0 Å². The van der Waals surface area contributed by atoms with Crippen molar-refractivity contribution >= 4 is 0 Å². The van der Waals surface area contributed by atoms with Crippen LogP contribution < -0.4 is 5.73 Å². The van der Waals surface area contributed by atoms with E-state index in [0.29, 0.717) is 6.54 Å². The van der Waals surface area contributed by atoms with Gasteiger partial charge in [-0.05, 0) is 24.1 Å². The third kappa shape index (κ3) is 2.12. The van der Waals surface area contributed by atoms with E-state index < -0.39 is 0 Å². The molecule has 1 aliphatic rings. The Morgan fingerprint density at radius 1 is 1.50 bits per heavy atom. The molecular formula is C13H20N2O. The molecule has 16 heavy (non-hydrogen) atoms. The topological polar surface area (TPSA) is 49.5 Å². The van der Waals surface area contributed by atoms with E-state index in [1.54, 1.807) is 0 Å². The largest absolute Gasteiger partial charge is 0.391 e. The summed E-state index contributed by atoms with van der Waals surface area (Å²) in [5.74, 6) is 0. The molecule has 1 aromatic carbocycles. The Kier molecular flexibility index (Phi) is 3.59. The lowest BCUT2D eigenvalue weighted by molar-refractivity contribution is 0.119. The second kappa shape index (κ2) is 4.95. The molecule has 88 valence electrons. The molecule has 2 unspecified atom stereocenters. The maximum atomic E-state index is 10.0. The molecule has 2 atom stereocenters. The molecule has 0 radical (unpaired) electrons. The highest BCUT2D eigenvalue weighted by Gasteiger charge is 2.32. The predicted molar refractivity (Wildman–Crippen MR) is 64.9 cm³/mol. The summed E-state index contributed by atoms with van der Waals surface area (Å²) >= 11 is 0. The number of aliphatic hydroxyl groups excluding tert-OH is 1. The van der Waals surface area contributed by atoms with E-state index in [2.05, 4.69) is 24.0 Å². The van der Waals surface area contributed by atoms with Crippen LogP contribution in [-0.2, 0) is 6.54 Å².